The second-order valence-corrected chi connectivity index (χ2v) is 10.2. The van der Waals surface area contributed by atoms with Crippen LogP contribution in [0.1, 0.15) is 52.9 Å². The average molecular weight is 429 g/mol. The molecule has 10 nitrogen and oxygen atoms in total. The van der Waals surface area contributed by atoms with E-state index in [1.54, 1.807) is 13.8 Å². The van der Waals surface area contributed by atoms with Gasteiger partial charge in [-0.05, 0) is 12.8 Å². The van der Waals surface area contributed by atoms with Crippen LogP contribution in [0.2, 0.25) is 0 Å². The lowest BCUT2D eigenvalue weighted by atomic mass is 10.2. The Morgan fingerprint density at radius 2 is 1.22 bits per heavy atom. The second kappa shape index (κ2) is 14.3. The van der Waals surface area contributed by atoms with Gasteiger partial charge in [-0.3, -0.25) is 9.59 Å². The normalized spacial score (nSPS) is 12.3. The number of carbonyl (C=O) groups excluding carboxylic acids is 2. The summed E-state index contributed by atoms with van der Waals surface area (Å²) in [6.45, 7) is 4.92. The maximum atomic E-state index is 12.2. The molecule has 0 aromatic rings. The zero-order valence-electron chi connectivity index (χ0n) is 15.7. The van der Waals surface area contributed by atoms with E-state index < -0.39 is 47.3 Å². The molecule has 0 aromatic heterocycles. The van der Waals surface area contributed by atoms with Crippen molar-refractivity contribution in [1.82, 2.24) is 0 Å². The summed E-state index contributed by atoms with van der Waals surface area (Å²) in [6.07, 6.45) is 3.31. The Kier molecular flexibility index (Phi) is 14.5. The van der Waals surface area contributed by atoms with E-state index in [-0.39, 0.29) is 19.3 Å². The highest BCUT2D eigenvalue weighted by Gasteiger charge is 2.44. The van der Waals surface area contributed by atoms with Crippen molar-refractivity contribution >= 4 is 43.7 Å². The van der Waals surface area contributed by atoms with Crippen molar-refractivity contribution < 1.29 is 36.8 Å². The first-order chi connectivity index (χ1) is 12.5. The Morgan fingerprint density at radius 1 is 0.852 bits per heavy atom. The van der Waals surface area contributed by atoms with Gasteiger partial charge in [-0.1, -0.05) is 43.9 Å². The molecule has 0 rings (SSSR count). The quantitative estimate of drug-likeness (QED) is 0.202. The smallest absolute Gasteiger partial charge is 0.231 e. The maximum Gasteiger partial charge on any atom is 0.231 e. The molecule has 0 saturated carbocycles. The summed E-state index contributed by atoms with van der Waals surface area (Å²) in [5.41, 5.74) is 0. The van der Waals surface area contributed by atoms with E-state index in [1.165, 1.54) is 6.92 Å². The summed E-state index contributed by atoms with van der Waals surface area (Å²) in [7, 11) is -8.37. The van der Waals surface area contributed by atoms with Gasteiger partial charge in [0.05, 0.1) is 23.9 Å². The fraction of sp³-hybridized carbons (Fsp3) is 0.733. The largest absolute Gasteiger partial charge is 0.411 e. The van der Waals surface area contributed by atoms with Crippen molar-refractivity contribution in [3.63, 3.8) is 0 Å². The van der Waals surface area contributed by atoms with E-state index in [1.807, 2.05) is 0 Å². The van der Waals surface area contributed by atoms with Crippen molar-refractivity contribution in [2.75, 3.05) is 11.5 Å². The van der Waals surface area contributed by atoms with Crippen molar-refractivity contribution in [2.45, 2.75) is 57.5 Å². The number of sulfone groups is 2. The third-order valence-electron chi connectivity index (χ3n) is 3.23. The molecule has 0 fully saturated rings. The van der Waals surface area contributed by atoms with Gasteiger partial charge in [0.1, 0.15) is 0 Å². The molecule has 12 heteroatoms. The Balaban J connectivity index is 0. The van der Waals surface area contributed by atoms with Gasteiger partial charge < -0.3 is 10.4 Å². The monoisotopic (exact) mass is 428 g/mol. The van der Waals surface area contributed by atoms with E-state index in [4.69, 9.17) is 10.4 Å². The number of hydrogen-bond acceptors (Lipinski definition) is 10. The van der Waals surface area contributed by atoms with Crippen LogP contribution in [-0.4, -0.2) is 67.3 Å². The third-order valence-corrected chi connectivity index (χ3v) is 8.43. The van der Waals surface area contributed by atoms with Crippen molar-refractivity contribution in [3.05, 3.63) is 0 Å². The van der Waals surface area contributed by atoms with Gasteiger partial charge in [0.2, 0.25) is 16.1 Å². The van der Waals surface area contributed by atoms with Crippen LogP contribution in [0, 0.1) is 0 Å². The number of hydrogen-bond donors (Lipinski definition) is 2. The van der Waals surface area contributed by atoms with Crippen LogP contribution in [0.5, 0.6) is 0 Å². The lowest BCUT2D eigenvalue weighted by Gasteiger charge is -2.16. The molecule has 0 saturated heterocycles. The highest BCUT2D eigenvalue weighted by Crippen LogP contribution is 2.17. The van der Waals surface area contributed by atoms with Gasteiger partial charge in [-0.2, -0.15) is 0 Å². The highest BCUT2D eigenvalue weighted by molar-refractivity contribution is 8.10. The summed E-state index contributed by atoms with van der Waals surface area (Å²) in [5, 5.41) is 20.1. The zero-order valence-corrected chi connectivity index (χ0v) is 17.4. The Labute approximate surface area is 160 Å². The lowest BCUT2D eigenvalue weighted by molar-refractivity contribution is -0.135. The molecule has 0 aliphatic rings. The molecular formula is C15H28N2O8S2. The Hall–Kier alpha value is -1.82. The van der Waals surface area contributed by atoms with Crippen LogP contribution < -0.4 is 0 Å². The van der Waals surface area contributed by atoms with Crippen molar-refractivity contribution in [1.29, 1.82) is 0 Å². The van der Waals surface area contributed by atoms with E-state index in [0.29, 0.717) is 12.8 Å². The second-order valence-electron chi connectivity index (χ2n) is 5.44. The summed E-state index contributed by atoms with van der Waals surface area (Å²) in [4.78, 5) is 23.5. The van der Waals surface area contributed by atoms with Gasteiger partial charge >= 0.3 is 0 Å². The van der Waals surface area contributed by atoms with Crippen molar-refractivity contribution in [2.24, 2.45) is 10.3 Å². The van der Waals surface area contributed by atoms with E-state index >= 15 is 0 Å². The lowest BCUT2D eigenvalue weighted by Crippen LogP contribution is -2.43. The number of nitrogens with zero attached hydrogens (tertiary/aromatic N) is 2. The molecule has 0 aromatic carbocycles. The number of Topliss-reactive ketones (excluding diaryl/α,β-unsaturated/α-hetero) is 2. The molecule has 0 unspecified atom stereocenters. The molecule has 0 aliphatic heterocycles. The predicted molar refractivity (Wildman–Crippen MR) is 102 cm³/mol. The minimum atomic E-state index is -4.19. The van der Waals surface area contributed by atoms with Crippen LogP contribution in [0.3, 0.4) is 0 Å². The molecule has 0 spiro atoms. The summed E-state index contributed by atoms with van der Waals surface area (Å²) in [5.74, 6) is -3.07. The van der Waals surface area contributed by atoms with Crippen LogP contribution in [0.4, 0.5) is 0 Å². The third kappa shape index (κ3) is 10.8. The van der Waals surface area contributed by atoms with Gasteiger partial charge in [0.25, 0.3) is 0 Å². The number of carbonyl (C=O) groups is 2. The Morgan fingerprint density at radius 3 is 1.48 bits per heavy atom. The molecule has 27 heavy (non-hydrogen) atoms. The molecule has 158 valence electrons. The number of unbranched alkanes of at least 4 members (excludes halogenated alkanes) is 2. The predicted octanol–water partition coefficient (Wildman–Crippen LogP) is 1.20. The first-order valence-electron chi connectivity index (χ1n) is 8.39. The fourth-order valence-corrected chi connectivity index (χ4v) is 6.91. The molecule has 0 radical (unpaired) electrons. The standard InChI is InChI=1S/C13H24O6S2.C2H4N2O2/c1-4-7-9-20(16,17)13(12(15)11(14)6-3)21(18,19)10-8-5-2;5-3-1-2-4-6/h13H,4-10H2,1-3H3;1-2,5-6H/b;3-1-,4-2-. The van der Waals surface area contributed by atoms with Crippen LogP contribution >= 0.6 is 0 Å². The summed E-state index contributed by atoms with van der Waals surface area (Å²) in [6, 6.07) is 0. The number of oxime groups is 2. The van der Waals surface area contributed by atoms with E-state index in [0.717, 1.165) is 12.4 Å². The van der Waals surface area contributed by atoms with Gasteiger partial charge in [0.15, 0.2) is 19.7 Å². The first kappa shape index (κ1) is 27.4. The maximum absolute atomic E-state index is 12.2. The van der Waals surface area contributed by atoms with Crippen LogP contribution in [0.25, 0.3) is 0 Å². The van der Waals surface area contributed by atoms with Gasteiger partial charge in [-0.15, -0.1) is 0 Å². The molecule has 0 atom stereocenters. The molecule has 0 bridgehead atoms. The minimum Gasteiger partial charge on any atom is -0.411 e. The number of ketones is 2. The summed E-state index contributed by atoms with van der Waals surface area (Å²) >= 11 is 0. The van der Waals surface area contributed by atoms with E-state index in [9.17, 15) is 26.4 Å². The fourth-order valence-electron chi connectivity index (χ4n) is 1.82. The van der Waals surface area contributed by atoms with Crippen LogP contribution in [-0.2, 0) is 29.3 Å². The van der Waals surface area contributed by atoms with E-state index in [2.05, 4.69) is 10.3 Å². The van der Waals surface area contributed by atoms with Crippen LogP contribution in [0.15, 0.2) is 10.3 Å². The first-order valence-corrected chi connectivity index (χ1v) is 11.8. The van der Waals surface area contributed by atoms with Gasteiger partial charge in [-0.25, -0.2) is 16.8 Å². The molecular weight excluding hydrogens is 400 g/mol. The Bertz CT molecular complexity index is 664. The number of rotatable bonds is 12. The molecule has 0 amide bonds. The topological polar surface area (TPSA) is 168 Å². The van der Waals surface area contributed by atoms with Gasteiger partial charge in [0, 0.05) is 6.42 Å². The average Bonchev–Trinajstić information content (AvgIpc) is 2.62. The molecule has 0 aliphatic carbocycles. The highest BCUT2D eigenvalue weighted by atomic mass is 32.3. The zero-order chi connectivity index (χ0) is 21.5. The minimum absolute atomic E-state index is 0.206. The SMILES string of the molecule is CCCCS(=O)(=O)C(C(=O)C(=O)CC)S(=O)(=O)CCCC.O/N=C\C=N/O. The summed E-state index contributed by atoms with van der Waals surface area (Å²) < 4.78 is 46.6. The molecule has 2 N–H and O–H groups in total. The van der Waals surface area contributed by atoms with Crippen molar-refractivity contribution in [3.8, 4) is 0 Å². The molecule has 0 heterocycles.